The molecule has 23 heavy (non-hydrogen) atoms. The molecule has 3 N–H and O–H groups in total. The van der Waals surface area contributed by atoms with E-state index in [-0.39, 0.29) is 16.5 Å². The number of phenolic OH excluding ortho intramolecular Hbond substituents is 1. The zero-order valence-electron chi connectivity index (χ0n) is 11.2. The molecule has 2 aromatic rings. The Morgan fingerprint density at radius 3 is 2.30 bits per heavy atom. The molecule has 0 heterocycles. The van der Waals surface area contributed by atoms with Crippen molar-refractivity contribution in [1.29, 1.82) is 0 Å². The van der Waals surface area contributed by atoms with Gasteiger partial charge in [0.05, 0.1) is 22.0 Å². The lowest BCUT2D eigenvalue weighted by Gasteiger charge is -2.12. The normalized spacial score (nSPS) is 11.2. The lowest BCUT2D eigenvalue weighted by atomic mass is 10.2. The molecule has 0 aliphatic carbocycles. The predicted molar refractivity (Wildman–Crippen MR) is 77.2 cm³/mol. The van der Waals surface area contributed by atoms with Crippen LogP contribution in [0.5, 0.6) is 5.75 Å². The van der Waals surface area contributed by atoms with Gasteiger partial charge in [0.1, 0.15) is 11.6 Å². The first-order valence-corrected chi connectivity index (χ1v) is 6.48. The number of carbonyl (C=O) groups is 1. The van der Waals surface area contributed by atoms with Crippen molar-refractivity contribution in [3.63, 3.8) is 0 Å². The minimum Gasteiger partial charge on any atom is -0.508 e. The molecule has 2 rings (SSSR count). The van der Waals surface area contributed by atoms with Crippen molar-refractivity contribution >= 4 is 29.0 Å². The van der Waals surface area contributed by atoms with Gasteiger partial charge < -0.3 is 15.7 Å². The van der Waals surface area contributed by atoms with Gasteiger partial charge in [0.15, 0.2) is 0 Å². The predicted octanol–water partition coefficient (Wildman–Crippen LogP) is 4.85. The third kappa shape index (κ3) is 4.26. The number of aromatic hydroxyl groups is 1. The Morgan fingerprint density at radius 1 is 1.04 bits per heavy atom. The first-order chi connectivity index (χ1) is 10.7. The number of anilines is 2. The summed E-state index contributed by atoms with van der Waals surface area (Å²) in [6.07, 6.45) is -4.67. The van der Waals surface area contributed by atoms with E-state index >= 15 is 0 Å². The number of benzene rings is 2. The summed E-state index contributed by atoms with van der Waals surface area (Å²) in [6.45, 7) is 0. The molecule has 0 aliphatic rings. The molecule has 0 aliphatic heterocycles. The summed E-state index contributed by atoms with van der Waals surface area (Å²) < 4.78 is 51.3. The van der Waals surface area contributed by atoms with E-state index < -0.39 is 29.3 Å². The van der Waals surface area contributed by atoms with Gasteiger partial charge in [-0.2, -0.15) is 13.2 Å². The third-order valence-electron chi connectivity index (χ3n) is 2.74. The Bertz CT molecular complexity index is 750. The van der Waals surface area contributed by atoms with Crippen molar-refractivity contribution < 1.29 is 27.5 Å². The van der Waals surface area contributed by atoms with Crippen LogP contribution in [0.25, 0.3) is 0 Å². The summed E-state index contributed by atoms with van der Waals surface area (Å²) >= 11 is 5.77. The Balaban J connectivity index is 2.17. The number of rotatable bonds is 2. The van der Waals surface area contributed by atoms with Gasteiger partial charge in [-0.3, -0.25) is 0 Å². The second kappa shape index (κ2) is 6.33. The molecule has 2 aromatic carbocycles. The zero-order chi connectivity index (χ0) is 17.2. The highest BCUT2D eigenvalue weighted by molar-refractivity contribution is 6.34. The van der Waals surface area contributed by atoms with Crippen molar-refractivity contribution in [1.82, 2.24) is 0 Å². The number of alkyl halides is 3. The summed E-state index contributed by atoms with van der Waals surface area (Å²) in [4.78, 5) is 11.7. The maximum atomic E-state index is 13.5. The summed E-state index contributed by atoms with van der Waals surface area (Å²) in [6, 6.07) is 4.33. The van der Waals surface area contributed by atoms with Gasteiger partial charge in [0.25, 0.3) is 0 Å². The first kappa shape index (κ1) is 16.9. The average Bonchev–Trinajstić information content (AvgIpc) is 2.43. The van der Waals surface area contributed by atoms with Crippen molar-refractivity contribution in [3.8, 4) is 5.75 Å². The van der Waals surface area contributed by atoms with Crippen molar-refractivity contribution in [3.05, 3.63) is 52.8 Å². The second-order valence-corrected chi connectivity index (χ2v) is 4.84. The Morgan fingerprint density at radius 2 is 1.70 bits per heavy atom. The van der Waals surface area contributed by atoms with E-state index in [0.717, 1.165) is 6.07 Å². The Hall–Kier alpha value is -2.48. The van der Waals surface area contributed by atoms with Crippen LogP contribution < -0.4 is 10.6 Å². The van der Waals surface area contributed by atoms with Crippen LogP contribution in [0.2, 0.25) is 5.02 Å². The summed E-state index contributed by atoms with van der Waals surface area (Å²) in [5, 5.41) is 13.4. The van der Waals surface area contributed by atoms with Gasteiger partial charge in [0, 0.05) is 6.07 Å². The van der Waals surface area contributed by atoms with Gasteiger partial charge in [-0.25, -0.2) is 9.18 Å². The van der Waals surface area contributed by atoms with Crippen LogP contribution in [0.1, 0.15) is 5.56 Å². The number of nitrogens with one attached hydrogen (secondary N) is 2. The van der Waals surface area contributed by atoms with E-state index in [2.05, 4.69) is 5.32 Å². The van der Waals surface area contributed by atoms with Gasteiger partial charge in [0.2, 0.25) is 0 Å². The molecular weight excluding hydrogens is 340 g/mol. The third-order valence-corrected chi connectivity index (χ3v) is 3.06. The van der Waals surface area contributed by atoms with Crippen LogP contribution >= 0.6 is 11.6 Å². The summed E-state index contributed by atoms with van der Waals surface area (Å²) in [5.41, 5.74) is -1.64. The number of hydrogen-bond donors (Lipinski definition) is 3. The minimum atomic E-state index is -4.67. The van der Waals surface area contributed by atoms with Gasteiger partial charge in [-0.05, 0) is 30.3 Å². The van der Waals surface area contributed by atoms with E-state index in [1.54, 1.807) is 0 Å². The standard InChI is InChI=1S/C14H9ClF4N2O2/c15-9-6-8(22)2-4-11(9)20-13(23)21-12-5-7(14(17,18)19)1-3-10(12)16/h1-6,22H,(H2,20,21,23). The highest BCUT2D eigenvalue weighted by Gasteiger charge is 2.31. The fourth-order valence-corrected chi connectivity index (χ4v) is 1.90. The SMILES string of the molecule is O=C(Nc1cc(C(F)(F)F)ccc1F)Nc1ccc(O)cc1Cl. The molecule has 0 fully saturated rings. The van der Waals surface area contributed by atoms with E-state index in [0.29, 0.717) is 18.2 Å². The maximum absolute atomic E-state index is 13.5. The number of carbonyl (C=O) groups excluding carboxylic acids is 1. The molecule has 0 spiro atoms. The van der Waals surface area contributed by atoms with Crippen LogP contribution in [0, 0.1) is 5.82 Å². The molecule has 2 amide bonds. The molecule has 0 bridgehead atoms. The molecule has 122 valence electrons. The second-order valence-electron chi connectivity index (χ2n) is 4.44. The maximum Gasteiger partial charge on any atom is 0.416 e. The number of phenols is 1. The van der Waals surface area contributed by atoms with Crippen molar-refractivity contribution in [2.75, 3.05) is 10.6 Å². The van der Waals surface area contributed by atoms with Crippen LogP contribution in [0.15, 0.2) is 36.4 Å². The molecular formula is C14H9ClF4N2O2. The largest absolute Gasteiger partial charge is 0.508 e. The molecule has 0 atom stereocenters. The molecule has 4 nitrogen and oxygen atoms in total. The molecule has 0 unspecified atom stereocenters. The quantitative estimate of drug-likeness (QED) is 0.537. The highest BCUT2D eigenvalue weighted by atomic mass is 35.5. The number of amides is 2. The zero-order valence-corrected chi connectivity index (χ0v) is 12.0. The molecule has 9 heteroatoms. The molecule has 0 radical (unpaired) electrons. The first-order valence-electron chi connectivity index (χ1n) is 6.10. The van der Waals surface area contributed by atoms with Crippen LogP contribution in [-0.4, -0.2) is 11.1 Å². The number of halogens is 5. The van der Waals surface area contributed by atoms with Crippen molar-refractivity contribution in [2.24, 2.45) is 0 Å². The van der Waals surface area contributed by atoms with E-state index in [9.17, 15) is 27.5 Å². The van der Waals surface area contributed by atoms with E-state index in [1.807, 2.05) is 5.32 Å². The molecule has 0 saturated heterocycles. The van der Waals surface area contributed by atoms with Gasteiger partial charge >= 0.3 is 12.2 Å². The fraction of sp³-hybridized carbons (Fsp3) is 0.0714. The average molecular weight is 349 g/mol. The minimum absolute atomic E-state index is 0.00432. The fourth-order valence-electron chi connectivity index (χ4n) is 1.68. The Labute approximate surface area is 132 Å². The van der Waals surface area contributed by atoms with Crippen LogP contribution in [0.3, 0.4) is 0 Å². The monoisotopic (exact) mass is 348 g/mol. The van der Waals surface area contributed by atoms with E-state index in [4.69, 9.17) is 11.6 Å². The lowest BCUT2D eigenvalue weighted by molar-refractivity contribution is -0.137. The summed E-state index contributed by atoms with van der Waals surface area (Å²) in [7, 11) is 0. The smallest absolute Gasteiger partial charge is 0.416 e. The topological polar surface area (TPSA) is 61.4 Å². The molecule has 0 saturated carbocycles. The van der Waals surface area contributed by atoms with Crippen molar-refractivity contribution in [2.45, 2.75) is 6.18 Å². The van der Waals surface area contributed by atoms with Crippen LogP contribution in [0.4, 0.5) is 33.7 Å². The highest BCUT2D eigenvalue weighted by Crippen LogP contribution is 2.32. The summed E-state index contributed by atoms with van der Waals surface area (Å²) in [5.74, 6) is -1.16. The van der Waals surface area contributed by atoms with Gasteiger partial charge in [-0.1, -0.05) is 11.6 Å². The van der Waals surface area contributed by atoms with Crippen LogP contribution in [-0.2, 0) is 6.18 Å². The number of urea groups is 1. The number of hydrogen-bond acceptors (Lipinski definition) is 2. The van der Waals surface area contributed by atoms with Gasteiger partial charge in [-0.15, -0.1) is 0 Å². The van der Waals surface area contributed by atoms with E-state index in [1.165, 1.54) is 12.1 Å². The lowest BCUT2D eigenvalue weighted by Crippen LogP contribution is -2.20. The molecule has 0 aromatic heterocycles. The Kier molecular flexibility index (Phi) is 4.65.